The molecule has 0 bridgehead atoms. The van der Waals surface area contributed by atoms with E-state index in [1.165, 1.54) is 6.07 Å². The number of aryl methyl sites for hydroxylation is 2. The molecule has 0 fully saturated rings. The number of halogens is 3. The van der Waals surface area contributed by atoms with E-state index in [-0.39, 0.29) is 5.75 Å². The van der Waals surface area contributed by atoms with E-state index in [1.54, 1.807) is 18.2 Å². The molecule has 0 saturated carbocycles. The maximum absolute atomic E-state index is 12.4. The molecule has 106 valence electrons. The highest BCUT2D eigenvalue weighted by Crippen LogP contribution is 2.37. The Morgan fingerprint density at radius 1 is 1.00 bits per heavy atom. The maximum atomic E-state index is 12.4. The van der Waals surface area contributed by atoms with Crippen LogP contribution < -0.4 is 4.74 Å². The Morgan fingerprint density at radius 2 is 1.70 bits per heavy atom. The number of para-hydroxylation sites is 1. The zero-order chi connectivity index (χ0) is 14.7. The highest BCUT2D eigenvalue weighted by Gasteiger charge is 2.19. The second-order valence-electron chi connectivity index (χ2n) is 4.64. The molecule has 0 spiro atoms. The molecule has 0 N–H and O–H groups in total. The Morgan fingerprint density at radius 3 is 2.40 bits per heavy atom. The first-order valence-electron chi connectivity index (χ1n) is 6.24. The van der Waals surface area contributed by atoms with Gasteiger partial charge in [-0.3, -0.25) is 0 Å². The van der Waals surface area contributed by atoms with Gasteiger partial charge < -0.3 is 4.74 Å². The molecule has 0 aliphatic rings. The summed E-state index contributed by atoms with van der Waals surface area (Å²) < 4.78 is 29.4. The lowest BCUT2D eigenvalue weighted by Crippen LogP contribution is -2.06. The fraction of sp³-hybridized carbons (Fsp3) is 0.250. The molecular weight excluding hydrogens is 282 g/mol. The molecule has 2 rings (SSSR count). The Kier molecular flexibility index (Phi) is 4.61. The van der Waals surface area contributed by atoms with Gasteiger partial charge in [-0.25, -0.2) is 0 Å². The van der Waals surface area contributed by atoms with Crippen molar-refractivity contribution >= 4 is 11.6 Å². The smallest absolute Gasteiger partial charge is 0.387 e. The standard InChI is InChI=1S/C16H15ClF2O/c1-10-7-8-11(2)13(9-10)15(17)12-5-3-4-6-14(12)20-16(18)19/h3-9,15-16H,1-2H3. The third kappa shape index (κ3) is 3.28. The van der Waals surface area contributed by atoms with Gasteiger partial charge in [0, 0.05) is 5.56 Å². The van der Waals surface area contributed by atoms with Gasteiger partial charge in [0.2, 0.25) is 0 Å². The first-order valence-corrected chi connectivity index (χ1v) is 6.67. The second-order valence-corrected chi connectivity index (χ2v) is 5.08. The lowest BCUT2D eigenvalue weighted by molar-refractivity contribution is -0.0504. The van der Waals surface area contributed by atoms with Gasteiger partial charge in [-0.2, -0.15) is 8.78 Å². The summed E-state index contributed by atoms with van der Waals surface area (Å²) in [5, 5.41) is -0.523. The van der Waals surface area contributed by atoms with Crippen LogP contribution >= 0.6 is 11.6 Å². The zero-order valence-electron chi connectivity index (χ0n) is 11.2. The SMILES string of the molecule is Cc1ccc(C)c(C(Cl)c2ccccc2OC(F)F)c1. The normalized spacial score (nSPS) is 12.5. The second kappa shape index (κ2) is 6.23. The molecule has 1 unspecified atom stereocenters. The van der Waals surface area contributed by atoms with Crippen LogP contribution in [-0.2, 0) is 0 Å². The van der Waals surface area contributed by atoms with Crippen LogP contribution in [-0.4, -0.2) is 6.61 Å². The summed E-state index contributed by atoms with van der Waals surface area (Å²) in [5.41, 5.74) is 3.53. The highest BCUT2D eigenvalue weighted by atomic mass is 35.5. The third-order valence-corrected chi connectivity index (χ3v) is 3.59. The summed E-state index contributed by atoms with van der Waals surface area (Å²) >= 11 is 6.47. The molecule has 0 aromatic heterocycles. The number of alkyl halides is 3. The first kappa shape index (κ1) is 14.8. The van der Waals surface area contributed by atoms with Crippen molar-refractivity contribution in [2.75, 3.05) is 0 Å². The van der Waals surface area contributed by atoms with E-state index in [0.29, 0.717) is 5.56 Å². The third-order valence-electron chi connectivity index (χ3n) is 3.12. The molecule has 0 radical (unpaired) electrons. The van der Waals surface area contributed by atoms with Crippen molar-refractivity contribution < 1.29 is 13.5 Å². The number of hydrogen-bond acceptors (Lipinski definition) is 1. The molecule has 0 heterocycles. The van der Waals surface area contributed by atoms with Crippen LogP contribution in [0.1, 0.15) is 27.6 Å². The molecular formula is C16H15ClF2O. The summed E-state index contributed by atoms with van der Waals surface area (Å²) in [7, 11) is 0. The molecule has 2 aromatic rings. The molecule has 0 saturated heterocycles. The van der Waals surface area contributed by atoms with Gasteiger partial charge in [0.25, 0.3) is 0 Å². The molecule has 0 amide bonds. The number of benzene rings is 2. The quantitative estimate of drug-likeness (QED) is 0.702. The topological polar surface area (TPSA) is 9.23 Å². The molecule has 4 heteroatoms. The van der Waals surface area contributed by atoms with Crippen LogP contribution in [0.15, 0.2) is 42.5 Å². The van der Waals surface area contributed by atoms with Gasteiger partial charge in [-0.05, 0) is 31.0 Å². The number of hydrogen-bond donors (Lipinski definition) is 0. The van der Waals surface area contributed by atoms with Crippen molar-refractivity contribution in [1.82, 2.24) is 0 Å². The summed E-state index contributed by atoms with van der Waals surface area (Å²) in [6.07, 6.45) is 0. The minimum absolute atomic E-state index is 0.114. The van der Waals surface area contributed by atoms with Gasteiger partial charge in [0.15, 0.2) is 0 Å². The molecule has 1 nitrogen and oxygen atoms in total. The van der Waals surface area contributed by atoms with Gasteiger partial charge >= 0.3 is 6.61 Å². The Hall–Kier alpha value is -1.61. The van der Waals surface area contributed by atoms with Crippen molar-refractivity contribution in [2.45, 2.75) is 25.8 Å². The van der Waals surface area contributed by atoms with Crippen LogP contribution in [0.3, 0.4) is 0 Å². The van der Waals surface area contributed by atoms with Gasteiger partial charge in [0.1, 0.15) is 5.75 Å². The summed E-state index contributed by atoms with van der Waals surface area (Å²) in [5.74, 6) is 0.114. The van der Waals surface area contributed by atoms with Gasteiger partial charge in [-0.1, -0.05) is 42.0 Å². The van der Waals surface area contributed by atoms with E-state index in [4.69, 9.17) is 11.6 Å². The van der Waals surface area contributed by atoms with Gasteiger partial charge in [-0.15, -0.1) is 11.6 Å². The molecule has 20 heavy (non-hydrogen) atoms. The predicted molar refractivity (Wildman–Crippen MR) is 76.7 cm³/mol. The van der Waals surface area contributed by atoms with Crippen LogP contribution in [0.4, 0.5) is 8.78 Å². The first-order chi connectivity index (χ1) is 9.49. The van der Waals surface area contributed by atoms with E-state index in [1.807, 2.05) is 32.0 Å². The fourth-order valence-electron chi connectivity index (χ4n) is 2.09. The van der Waals surface area contributed by atoms with E-state index in [2.05, 4.69) is 4.74 Å². The average Bonchev–Trinajstić information content (AvgIpc) is 2.41. The van der Waals surface area contributed by atoms with Crippen molar-refractivity contribution in [3.63, 3.8) is 0 Å². The van der Waals surface area contributed by atoms with E-state index in [9.17, 15) is 8.78 Å². The maximum Gasteiger partial charge on any atom is 0.387 e. The van der Waals surface area contributed by atoms with Crippen molar-refractivity contribution in [3.8, 4) is 5.75 Å². The minimum Gasteiger partial charge on any atom is -0.434 e. The Labute approximate surface area is 122 Å². The monoisotopic (exact) mass is 296 g/mol. The van der Waals surface area contributed by atoms with Crippen LogP contribution in [0.2, 0.25) is 0 Å². The van der Waals surface area contributed by atoms with Crippen LogP contribution in [0.25, 0.3) is 0 Å². The minimum atomic E-state index is -2.86. The summed E-state index contributed by atoms with van der Waals surface area (Å²) in [6.45, 7) is 1.05. The van der Waals surface area contributed by atoms with Gasteiger partial charge in [0.05, 0.1) is 5.38 Å². The fourth-order valence-corrected chi connectivity index (χ4v) is 2.51. The lowest BCUT2D eigenvalue weighted by atomic mass is 9.97. The number of ether oxygens (including phenoxy) is 1. The van der Waals surface area contributed by atoms with E-state index < -0.39 is 12.0 Å². The Balaban J connectivity index is 2.42. The zero-order valence-corrected chi connectivity index (χ0v) is 12.0. The summed E-state index contributed by atoms with van der Waals surface area (Å²) in [6, 6.07) is 12.5. The highest BCUT2D eigenvalue weighted by molar-refractivity contribution is 6.23. The molecule has 0 aliphatic carbocycles. The van der Waals surface area contributed by atoms with Crippen molar-refractivity contribution in [1.29, 1.82) is 0 Å². The van der Waals surface area contributed by atoms with Crippen molar-refractivity contribution in [2.24, 2.45) is 0 Å². The lowest BCUT2D eigenvalue weighted by Gasteiger charge is -2.17. The number of rotatable bonds is 4. The van der Waals surface area contributed by atoms with E-state index >= 15 is 0 Å². The van der Waals surface area contributed by atoms with Crippen LogP contribution in [0.5, 0.6) is 5.75 Å². The average molecular weight is 297 g/mol. The Bertz CT molecular complexity index is 599. The largest absolute Gasteiger partial charge is 0.434 e. The molecule has 2 aromatic carbocycles. The van der Waals surface area contributed by atoms with E-state index in [0.717, 1.165) is 16.7 Å². The van der Waals surface area contributed by atoms with Crippen LogP contribution in [0, 0.1) is 13.8 Å². The molecule has 0 aliphatic heterocycles. The molecule has 1 atom stereocenters. The van der Waals surface area contributed by atoms with Crippen molar-refractivity contribution in [3.05, 3.63) is 64.7 Å². The predicted octanol–water partition coefficient (Wildman–Crippen LogP) is 5.23. The summed E-state index contributed by atoms with van der Waals surface area (Å²) in [4.78, 5) is 0.